The lowest BCUT2D eigenvalue weighted by Crippen LogP contribution is -2.47. The van der Waals surface area contributed by atoms with Crippen LogP contribution in [0.4, 0.5) is 4.79 Å². The number of hydrogen-bond donors (Lipinski definition) is 4. The van der Waals surface area contributed by atoms with Crippen molar-refractivity contribution in [2.45, 2.75) is 6.54 Å². The molecule has 7 heteroatoms. The molecule has 1 fully saturated rings. The molecule has 1 aliphatic heterocycles. The first-order valence-electron chi connectivity index (χ1n) is 7.95. The first-order valence-corrected chi connectivity index (χ1v) is 7.95. The van der Waals surface area contributed by atoms with Gasteiger partial charge < -0.3 is 21.3 Å². The normalized spacial score (nSPS) is 15.0. The number of amides is 3. The van der Waals surface area contributed by atoms with Gasteiger partial charge in [-0.1, -0.05) is 12.1 Å². The topological polar surface area (TPSA) is 85.5 Å². The summed E-state index contributed by atoms with van der Waals surface area (Å²) in [6.45, 7) is 5.95. The van der Waals surface area contributed by atoms with Gasteiger partial charge in [0.1, 0.15) is 0 Å². The van der Waals surface area contributed by atoms with Gasteiger partial charge in [0.2, 0.25) is 0 Å². The molecule has 0 spiro atoms. The van der Waals surface area contributed by atoms with Crippen LogP contribution in [0.15, 0.2) is 24.3 Å². The van der Waals surface area contributed by atoms with Gasteiger partial charge in [0.05, 0.1) is 0 Å². The van der Waals surface area contributed by atoms with Crippen molar-refractivity contribution in [1.82, 2.24) is 26.2 Å². The number of carbonyl (C=O) groups is 2. The molecule has 3 amide bonds. The lowest BCUT2D eigenvalue weighted by Gasteiger charge is -2.27. The third kappa shape index (κ3) is 5.88. The fourth-order valence-corrected chi connectivity index (χ4v) is 2.47. The van der Waals surface area contributed by atoms with Gasteiger partial charge in [-0.15, -0.1) is 0 Å². The van der Waals surface area contributed by atoms with E-state index in [1.165, 1.54) is 0 Å². The smallest absolute Gasteiger partial charge is 0.315 e. The highest BCUT2D eigenvalue weighted by atomic mass is 16.2. The van der Waals surface area contributed by atoms with Gasteiger partial charge in [-0.2, -0.15) is 0 Å². The average Bonchev–Trinajstić information content (AvgIpc) is 2.60. The molecule has 2 rings (SSSR count). The van der Waals surface area contributed by atoms with Crippen LogP contribution in [0.1, 0.15) is 15.9 Å². The number of nitrogens with zero attached hydrogens (tertiary/aromatic N) is 1. The van der Waals surface area contributed by atoms with Crippen molar-refractivity contribution >= 4 is 11.9 Å². The van der Waals surface area contributed by atoms with Crippen LogP contribution in [0, 0.1) is 0 Å². The Hall–Kier alpha value is -2.12. The Balaban J connectivity index is 1.68. The van der Waals surface area contributed by atoms with Gasteiger partial charge in [-0.3, -0.25) is 9.69 Å². The van der Waals surface area contributed by atoms with Crippen molar-refractivity contribution in [3.63, 3.8) is 0 Å². The molecular weight excluding hydrogens is 294 g/mol. The van der Waals surface area contributed by atoms with E-state index in [0.717, 1.165) is 38.3 Å². The number of piperazine rings is 1. The highest BCUT2D eigenvalue weighted by Gasteiger charge is 2.09. The Labute approximate surface area is 136 Å². The quantitative estimate of drug-likeness (QED) is 0.582. The molecule has 0 aromatic heterocycles. The molecule has 4 N–H and O–H groups in total. The van der Waals surface area contributed by atoms with Gasteiger partial charge >= 0.3 is 6.03 Å². The second-order valence-electron chi connectivity index (χ2n) is 5.48. The molecule has 0 saturated carbocycles. The summed E-state index contributed by atoms with van der Waals surface area (Å²) in [4.78, 5) is 25.7. The Bertz CT molecular complexity index is 529. The second kappa shape index (κ2) is 9.12. The molecule has 0 atom stereocenters. The number of nitrogens with one attached hydrogen (secondary N) is 4. The maximum absolute atomic E-state index is 11.8. The largest absolute Gasteiger partial charge is 0.355 e. The van der Waals surface area contributed by atoms with Crippen molar-refractivity contribution in [3.8, 4) is 0 Å². The SMILES string of the molecule is CNC(=O)c1cccc(CNC(=O)NCCN2CCNCC2)c1. The van der Waals surface area contributed by atoms with Crippen LogP contribution in [0.5, 0.6) is 0 Å². The van der Waals surface area contributed by atoms with E-state index in [1.807, 2.05) is 12.1 Å². The summed E-state index contributed by atoms with van der Waals surface area (Å²) >= 11 is 0. The van der Waals surface area contributed by atoms with Crippen LogP contribution in [-0.2, 0) is 6.54 Å². The molecule has 1 aromatic rings. The van der Waals surface area contributed by atoms with Crippen LogP contribution in [0.3, 0.4) is 0 Å². The lowest BCUT2D eigenvalue weighted by atomic mass is 10.1. The monoisotopic (exact) mass is 319 g/mol. The molecule has 7 nitrogen and oxygen atoms in total. The maximum Gasteiger partial charge on any atom is 0.315 e. The molecular formula is C16H25N5O2. The van der Waals surface area contributed by atoms with E-state index in [1.54, 1.807) is 19.2 Å². The van der Waals surface area contributed by atoms with E-state index in [0.29, 0.717) is 18.7 Å². The maximum atomic E-state index is 11.8. The number of rotatable bonds is 6. The van der Waals surface area contributed by atoms with Crippen molar-refractivity contribution in [1.29, 1.82) is 0 Å². The molecule has 0 aliphatic carbocycles. The third-order valence-electron chi connectivity index (χ3n) is 3.79. The Morgan fingerprint density at radius 2 is 2.00 bits per heavy atom. The minimum atomic E-state index is -0.189. The zero-order chi connectivity index (χ0) is 16.5. The molecule has 1 heterocycles. The van der Waals surface area contributed by atoms with Gasteiger partial charge in [0.15, 0.2) is 0 Å². The molecule has 0 bridgehead atoms. The highest BCUT2D eigenvalue weighted by molar-refractivity contribution is 5.94. The molecule has 23 heavy (non-hydrogen) atoms. The molecule has 1 aliphatic rings. The standard InChI is InChI=1S/C16H25N5O2/c1-17-15(22)14-4-2-3-13(11-14)12-20-16(23)19-7-10-21-8-5-18-6-9-21/h2-4,11,18H,5-10,12H2,1H3,(H,17,22)(H2,19,20,23). The van der Waals surface area contributed by atoms with E-state index in [-0.39, 0.29) is 11.9 Å². The first-order chi connectivity index (χ1) is 11.2. The van der Waals surface area contributed by atoms with E-state index in [2.05, 4.69) is 26.2 Å². The van der Waals surface area contributed by atoms with Crippen molar-refractivity contribution in [3.05, 3.63) is 35.4 Å². The van der Waals surface area contributed by atoms with E-state index < -0.39 is 0 Å². The third-order valence-corrected chi connectivity index (χ3v) is 3.79. The fraction of sp³-hybridized carbons (Fsp3) is 0.500. The number of urea groups is 1. The minimum absolute atomic E-state index is 0.132. The lowest BCUT2D eigenvalue weighted by molar-refractivity contribution is 0.0963. The van der Waals surface area contributed by atoms with Crippen LogP contribution >= 0.6 is 0 Å². The predicted octanol–water partition coefficient (Wildman–Crippen LogP) is -0.249. The summed E-state index contributed by atoms with van der Waals surface area (Å²) in [6, 6.07) is 7.03. The number of hydrogen-bond acceptors (Lipinski definition) is 4. The van der Waals surface area contributed by atoms with Crippen LogP contribution in [-0.4, -0.2) is 63.2 Å². The molecule has 0 unspecified atom stereocenters. The average molecular weight is 319 g/mol. The van der Waals surface area contributed by atoms with Crippen LogP contribution < -0.4 is 21.3 Å². The van der Waals surface area contributed by atoms with Gasteiger partial charge in [-0.05, 0) is 17.7 Å². The molecule has 0 radical (unpaired) electrons. The molecule has 1 saturated heterocycles. The number of carbonyl (C=O) groups excluding carboxylic acids is 2. The summed E-state index contributed by atoms with van der Waals surface area (Å²) in [5.41, 5.74) is 1.48. The zero-order valence-electron chi connectivity index (χ0n) is 13.5. The van der Waals surface area contributed by atoms with Crippen molar-refractivity contribution in [2.24, 2.45) is 0 Å². The Morgan fingerprint density at radius 1 is 1.22 bits per heavy atom. The fourth-order valence-electron chi connectivity index (χ4n) is 2.47. The summed E-state index contributed by atoms with van der Waals surface area (Å²) in [7, 11) is 1.60. The first kappa shape index (κ1) is 17.2. The van der Waals surface area contributed by atoms with E-state index in [4.69, 9.17) is 0 Å². The van der Waals surface area contributed by atoms with Crippen LogP contribution in [0.2, 0.25) is 0 Å². The summed E-state index contributed by atoms with van der Waals surface area (Å²) in [6.07, 6.45) is 0. The summed E-state index contributed by atoms with van der Waals surface area (Å²) in [5.74, 6) is -0.132. The second-order valence-corrected chi connectivity index (χ2v) is 5.48. The minimum Gasteiger partial charge on any atom is -0.355 e. The van der Waals surface area contributed by atoms with E-state index >= 15 is 0 Å². The van der Waals surface area contributed by atoms with E-state index in [9.17, 15) is 9.59 Å². The Kier molecular flexibility index (Phi) is 6.83. The highest BCUT2D eigenvalue weighted by Crippen LogP contribution is 2.05. The van der Waals surface area contributed by atoms with Gasteiger partial charge in [0, 0.05) is 58.4 Å². The molecule has 126 valence electrons. The van der Waals surface area contributed by atoms with Crippen molar-refractivity contribution < 1.29 is 9.59 Å². The van der Waals surface area contributed by atoms with Gasteiger partial charge in [0.25, 0.3) is 5.91 Å². The summed E-state index contributed by atoms with van der Waals surface area (Å²) < 4.78 is 0. The predicted molar refractivity (Wildman–Crippen MR) is 89.4 cm³/mol. The number of benzene rings is 1. The summed E-state index contributed by atoms with van der Waals surface area (Å²) in [5, 5.41) is 11.5. The Morgan fingerprint density at radius 3 is 2.74 bits per heavy atom. The zero-order valence-corrected chi connectivity index (χ0v) is 13.5. The van der Waals surface area contributed by atoms with Crippen molar-refractivity contribution in [2.75, 3.05) is 46.3 Å². The molecule has 1 aromatic carbocycles. The van der Waals surface area contributed by atoms with Gasteiger partial charge in [-0.25, -0.2) is 4.79 Å². The van der Waals surface area contributed by atoms with Crippen LogP contribution in [0.25, 0.3) is 0 Å².